The summed E-state index contributed by atoms with van der Waals surface area (Å²) in [5.74, 6) is 0.0319. The highest BCUT2D eigenvalue weighted by atomic mass is 16.2. The Kier molecular flexibility index (Phi) is 6.27. The molecule has 1 amide bonds. The van der Waals surface area contributed by atoms with Crippen molar-refractivity contribution in [2.45, 2.75) is 26.8 Å². The van der Waals surface area contributed by atoms with E-state index in [1.54, 1.807) is 0 Å². The summed E-state index contributed by atoms with van der Waals surface area (Å²) in [6.07, 6.45) is 0. The minimum absolute atomic E-state index is 0.0319. The number of benzene rings is 3. The third kappa shape index (κ3) is 4.68. The van der Waals surface area contributed by atoms with Gasteiger partial charge in [-0.15, -0.1) is 0 Å². The molecule has 3 aromatic rings. The molecule has 0 aliphatic heterocycles. The molecule has 3 aromatic carbocycles. The van der Waals surface area contributed by atoms with E-state index in [-0.39, 0.29) is 11.9 Å². The second-order valence-corrected chi connectivity index (χ2v) is 7.60. The average Bonchev–Trinajstić information content (AvgIpc) is 2.66. The number of nitrogens with one attached hydrogen (secondary N) is 2. The fourth-order valence-corrected chi connectivity index (χ4v) is 3.97. The first-order chi connectivity index (χ1) is 13.5. The predicted molar refractivity (Wildman–Crippen MR) is 116 cm³/mol. The fourth-order valence-electron chi connectivity index (χ4n) is 3.97. The second kappa shape index (κ2) is 8.85. The van der Waals surface area contributed by atoms with Gasteiger partial charge in [-0.3, -0.25) is 4.79 Å². The van der Waals surface area contributed by atoms with Crippen LogP contribution in [0, 0.1) is 20.8 Å². The van der Waals surface area contributed by atoms with Crippen LogP contribution in [0.25, 0.3) is 0 Å². The van der Waals surface area contributed by atoms with Gasteiger partial charge in [0.25, 0.3) is 5.91 Å². The van der Waals surface area contributed by atoms with Crippen molar-refractivity contribution in [3.8, 4) is 0 Å². The topological polar surface area (TPSA) is 33.5 Å². The smallest absolute Gasteiger partial charge is 0.279 e. The van der Waals surface area contributed by atoms with Crippen LogP contribution in [-0.2, 0) is 4.79 Å². The maximum Gasteiger partial charge on any atom is 0.279 e. The molecule has 1 atom stereocenters. The molecule has 3 heteroatoms. The molecule has 0 aliphatic rings. The fraction of sp³-hybridized carbons (Fsp3) is 0.240. The molecule has 3 nitrogen and oxygen atoms in total. The van der Waals surface area contributed by atoms with Crippen LogP contribution in [0.15, 0.2) is 72.8 Å². The van der Waals surface area contributed by atoms with Crippen LogP contribution in [-0.4, -0.2) is 19.5 Å². The van der Waals surface area contributed by atoms with Crippen molar-refractivity contribution in [3.63, 3.8) is 0 Å². The number of amides is 1. The van der Waals surface area contributed by atoms with Crippen LogP contribution >= 0.6 is 0 Å². The molecule has 0 heterocycles. The first-order valence-corrected chi connectivity index (χ1v) is 9.75. The van der Waals surface area contributed by atoms with Gasteiger partial charge in [-0.25, -0.2) is 0 Å². The normalized spacial score (nSPS) is 12.0. The third-order valence-electron chi connectivity index (χ3n) is 5.14. The quantitative estimate of drug-likeness (QED) is 0.676. The number of carbonyl (C=O) groups excluding carboxylic acids is 1. The van der Waals surface area contributed by atoms with Crippen molar-refractivity contribution in [1.82, 2.24) is 0 Å². The standard InChI is InChI=1S/C25H28N2O/c1-18-15-19(2)24(20(3)16-18)26-23(28)17-27(4)25(21-11-7-5-8-12-21)22-13-9-6-10-14-22/h5-16,25H,17H2,1-4H3,(H,26,28)/p+1. The van der Waals surface area contributed by atoms with E-state index in [9.17, 15) is 4.79 Å². The van der Waals surface area contributed by atoms with Gasteiger partial charge >= 0.3 is 0 Å². The number of anilines is 1. The Morgan fingerprint density at radius 1 is 0.857 bits per heavy atom. The van der Waals surface area contributed by atoms with E-state index in [0.29, 0.717) is 6.54 Å². The number of likely N-dealkylation sites (N-methyl/N-ethyl adjacent to an activating group) is 1. The average molecular weight is 374 g/mol. The first kappa shape index (κ1) is 19.8. The van der Waals surface area contributed by atoms with E-state index in [1.807, 2.05) is 26.0 Å². The van der Waals surface area contributed by atoms with Gasteiger partial charge in [-0.05, 0) is 31.9 Å². The molecule has 2 N–H and O–H groups in total. The summed E-state index contributed by atoms with van der Waals surface area (Å²) in [6, 6.07) is 25.1. The van der Waals surface area contributed by atoms with Gasteiger partial charge in [-0.1, -0.05) is 78.4 Å². The molecule has 0 aliphatic carbocycles. The molecular formula is C25H29N2O+. The lowest BCUT2D eigenvalue weighted by atomic mass is 9.97. The van der Waals surface area contributed by atoms with E-state index < -0.39 is 0 Å². The summed E-state index contributed by atoms with van der Waals surface area (Å²) < 4.78 is 0. The summed E-state index contributed by atoms with van der Waals surface area (Å²) >= 11 is 0. The molecule has 28 heavy (non-hydrogen) atoms. The van der Waals surface area contributed by atoms with Gasteiger partial charge in [0.2, 0.25) is 0 Å². The van der Waals surface area contributed by atoms with Crippen molar-refractivity contribution in [1.29, 1.82) is 0 Å². The van der Waals surface area contributed by atoms with Gasteiger partial charge in [0, 0.05) is 16.8 Å². The highest BCUT2D eigenvalue weighted by Gasteiger charge is 2.25. The Morgan fingerprint density at radius 2 is 1.32 bits per heavy atom. The zero-order chi connectivity index (χ0) is 20.1. The largest absolute Gasteiger partial charge is 0.321 e. The number of rotatable bonds is 6. The Labute approximate surface area is 168 Å². The van der Waals surface area contributed by atoms with Crippen molar-refractivity contribution >= 4 is 11.6 Å². The van der Waals surface area contributed by atoms with Crippen LogP contribution in [0.2, 0.25) is 0 Å². The van der Waals surface area contributed by atoms with Crippen molar-refractivity contribution < 1.29 is 9.69 Å². The van der Waals surface area contributed by atoms with E-state index in [1.165, 1.54) is 16.7 Å². The SMILES string of the molecule is Cc1cc(C)c(NC(=O)C[NH+](C)C(c2ccccc2)c2ccccc2)c(C)c1. The van der Waals surface area contributed by atoms with Crippen LogP contribution in [0.1, 0.15) is 33.9 Å². The minimum atomic E-state index is 0.0319. The molecule has 0 aromatic heterocycles. The number of aryl methyl sites for hydroxylation is 3. The molecule has 0 saturated heterocycles. The zero-order valence-corrected chi connectivity index (χ0v) is 17.1. The van der Waals surface area contributed by atoms with Crippen LogP contribution in [0.3, 0.4) is 0 Å². The van der Waals surface area contributed by atoms with Crippen molar-refractivity contribution in [3.05, 3.63) is 101 Å². The monoisotopic (exact) mass is 373 g/mol. The lowest BCUT2D eigenvalue weighted by molar-refractivity contribution is -0.897. The molecule has 3 rings (SSSR count). The maximum atomic E-state index is 12.8. The van der Waals surface area contributed by atoms with Gasteiger partial charge < -0.3 is 10.2 Å². The van der Waals surface area contributed by atoms with E-state index >= 15 is 0 Å². The minimum Gasteiger partial charge on any atom is -0.321 e. The Balaban J connectivity index is 1.81. The maximum absolute atomic E-state index is 12.8. The Morgan fingerprint density at radius 3 is 1.79 bits per heavy atom. The van der Waals surface area contributed by atoms with Crippen molar-refractivity contribution in [2.24, 2.45) is 0 Å². The van der Waals surface area contributed by atoms with E-state index in [4.69, 9.17) is 0 Å². The summed E-state index contributed by atoms with van der Waals surface area (Å²) in [5, 5.41) is 3.13. The lowest BCUT2D eigenvalue weighted by Gasteiger charge is -2.26. The van der Waals surface area contributed by atoms with Crippen molar-refractivity contribution in [2.75, 3.05) is 18.9 Å². The molecule has 1 unspecified atom stereocenters. The Bertz CT molecular complexity index is 873. The molecule has 0 bridgehead atoms. The molecule has 0 spiro atoms. The van der Waals surface area contributed by atoms with Gasteiger partial charge in [0.1, 0.15) is 6.04 Å². The van der Waals surface area contributed by atoms with Crippen LogP contribution < -0.4 is 10.2 Å². The molecule has 0 saturated carbocycles. The Hall–Kier alpha value is -2.91. The number of hydrogen-bond acceptors (Lipinski definition) is 1. The summed E-state index contributed by atoms with van der Waals surface area (Å²) in [7, 11) is 2.08. The summed E-state index contributed by atoms with van der Waals surface area (Å²) in [6.45, 7) is 6.56. The first-order valence-electron chi connectivity index (χ1n) is 9.75. The molecule has 0 radical (unpaired) electrons. The zero-order valence-electron chi connectivity index (χ0n) is 17.1. The van der Waals surface area contributed by atoms with Gasteiger partial charge in [0.05, 0.1) is 7.05 Å². The number of carbonyl (C=O) groups is 1. The highest BCUT2D eigenvalue weighted by molar-refractivity contribution is 5.93. The van der Waals surface area contributed by atoms with E-state index in [2.05, 4.69) is 80.0 Å². The highest BCUT2D eigenvalue weighted by Crippen LogP contribution is 2.22. The van der Waals surface area contributed by atoms with Gasteiger partial charge in [-0.2, -0.15) is 0 Å². The summed E-state index contributed by atoms with van der Waals surface area (Å²) in [5.41, 5.74) is 6.77. The lowest BCUT2D eigenvalue weighted by Crippen LogP contribution is -3.10. The second-order valence-electron chi connectivity index (χ2n) is 7.60. The number of hydrogen-bond donors (Lipinski definition) is 2. The molecule has 0 fully saturated rings. The number of quaternary nitrogens is 1. The summed E-state index contributed by atoms with van der Waals surface area (Å²) in [4.78, 5) is 14.0. The third-order valence-corrected chi connectivity index (χ3v) is 5.14. The molecular weight excluding hydrogens is 344 g/mol. The van der Waals surface area contributed by atoms with Crippen LogP contribution in [0.4, 0.5) is 5.69 Å². The molecule has 144 valence electrons. The van der Waals surface area contributed by atoms with Gasteiger partial charge in [0.15, 0.2) is 6.54 Å². The predicted octanol–water partition coefficient (Wildman–Crippen LogP) is 3.85. The van der Waals surface area contributed by atoms with Crippen LogP contribution in [0.5, 0.6) is 0 Å². The van der Waals surface area contributed by atoms with E-state index in [0.717, 1.165) is 21.7 Å².